The van der Waals surface area contributed by atoms with Gasteiger partial charge in [-0.1, -0.05) is 12.1 Å². The summed E-state index contributed by atoms with van der Waals surface area (Å²) in [5.41, 5.74) is 0. The molecule has 0 amide bonds. The van der Waals surface area contributed by atoms with Crippen LogP contribution < -0.4 is 4.72 Å². The Morgan fingerprint density at radius 3 is 2.61 bits per heavy atom. The van der Waals surface area contributed by atoms with E-state index in [0.717, 1.165) is 12.1 Å². The monoisotopic (exact) mass is 275 g/mol. The highest BCUT2D eigenvalue weighted by Gasteiger charge is 2.24. The van der Waals surface area contributed by atoms with Crippen LogP contribution in [0.3, 0.4) is 0 Å². The fraction of sp³-hybridized carbons (Fsp3) is 0.364. The van der Waals surface area contributed by atoms with Gasteiger partial charge >= 0.3 is 5.97 Å². The molecule has 1 rings (SSSR count). The van der Waals surface area contributed by atoms with Crippen LogP contribution in [0.5, 0.6) is 0 Å². The molecule has 0 aliphatic heterocycles. The number of rotatable bonds is 5. The Hall–Kier alpha value is -1.47. The maximum absolute atomic E-state index is 13.3. The Morgan fingerprint density at radius 2 is 2.06 bits per heavy atom. The molecular weight excluding hydrogens is 261 g/mol. The molecule has 0 aliphatic carbocycles. The molecule has 0 saturated carbocycles. The molecule has 1 aromatic carbocycles. The number of hydrogen-bond donors (Lipinski definition) is 1. The molecule has 0 fully saturated rings. The average molecular weight is 275 g/mol. The fourth-order valence-electron chi connectivity index (χ4n) is 1.27. The summed E-state index contributed by atoms with van der Waals surface area (Å²) in [6.45, 7) is 3.08. The minimum atomic E-state index is -4.08. The van der Waals surface area contributed by atoms with Crippen LogP contribution in [-0.2, 0) is 19.6 Å². The van der Waals surface area contributed by atoms with Gasteiger partial charge in [0.05, 0.1) is 6.61 Å². The number of hydrogen-bond acceptors (Lipinski definition) is 4. The van der Waals surface area contributed by atoms with Crippen LogP contribution in [-0.4, -0.2) is 27.0 Å². The standard InChI is InChI=1S/C11H14FNO4S/c1-3-17-11(14)8(2)13-18(15,16)10-7-5-4-6-9(10)12/h4-8,13H,3H2,1-2H3. The summed E-state index contributed by atoms with van der Waals surface area (Å²) in [7, 11) is -4.08. The van der Waals surface area contributed by atoms with Crippen LogP contribution in [0.1, 0.15) is 13.8 Å². The quantitative estimate of drug-likeness (QED) is 0.815. The van der Waals surface area contributed by atoms with Gasteiger partial charge in [-0.25, -0.2) is 12.8 Å². The molecule has 1 unspecified atom stereocenters. The summed E-state index contributed by atoms with van der Waals surface area (Å²) in [5.74, 6) is -1.58. The molecule has 1 aromatic rings. The van der Waals surface area contributed by atoms with Crippen LogP contribution in [0.4, 0.5) is 4.39 Å². The Kier molecular flexibility index (Phi) is 4.80. The van der Waals surface area contributed by atoms with E-state index in [1.807, 2.05) is 0 Å². The van der Waals surface area contributed by atoms with Crippen LogP contribution in [0.2, 0.25) is 0 Å². The summed E-state index contributed by atoms with van der Waals surface area (Å²) in [6.07, 6.45) is 0. The largest absolute Gasteiger partial charge is 0.465 e. The zero-order valence-corrected chi connectivity index (χ0v) is 10.8. The van der Waals surface area contributed by atoms with Crippen molar-refractivity contribution in [2.24, 2.45) is 0 Å². The van der Waals surface area contributed by atoms with Crippen molar-refractivity contribution in [2.75, 3.05) is 6.61 Å². The average Bonchev–Trinajstić information content (AvgIpc) is 2.29. The van der Waals surface area contributed by atoms with Crippen molar-refractivity contribution >= 4 is 16.0 Å². The summed E-state index contributed by atoms with van der Waals surface area (Å²) in [4.78, 5) is 10.8. The molecular formula is C11H14FNO4S. The van der Waals surface area contributed by atoms with Crippen LogP contribution in [0, 0.1) is 5.82 Å². The molecule has 5 nitrogen and oxygen atoms in total. The maximum atomic E-state index is 13.3. The first-order chi connectivity index (χ1) is 8.38. The van der Waals surface area contributed by atoms with Crippen LogP contribution in [0.25, 0.3) is 0 Å². The summed E-state index contributed by atoms with van der Waals surface area (Å²) < 4.78 is 43.7. The topological polar surface area (TPSA) is 72.5 Å². The van der Waals surface area contributed by atoms with Gasteiger partial charge in [0.15, 0.2) is 0 Å². The van der Waals surface area contributed by atoms with E-state index in [-0.39, 0.29) is 6.61 Å². The Labute approximate surface area is 105 Å². The number of carbonyl (C=O) groups is 1. The Morgan fingerprint density at radius 1 is 1.44 bits per heavy atom. The zero-order valence-electron chi connectivity index (χ0n) is 10.0. The first-order valence-electron chi connectivity index (χ1n) is 5.32. The minimum Gasteiger partial charge on any atom is -0.465 e. The van der Waals surface area contributed by atoms with Gasteiger partial charge in [0.2, 0.25) is 10.0 Å². The van der Waals surface area contributed by atoms with E-state index in [9.17, 15) is 17.6 Å². The number of ether oxygens (including phenoxy) is 1. The molecule has 0 heterocycles. The van der Waals surface area contributed by atoms with Crippen molar-refractivity contribution in [1.29, 1.82) is 0 Å². The maximum Gasteiger partial charge on any atom is 0.323 e. The van der Waals surface area contributed by atoms with Crippen molar-refractivity contribution in [3.8, 4) is 0 Å². The number of halogens is 1. The Balaban J connectivity index is 2.90. The lowest BCUT2D eigenvalue weighted by Crippen LogP contribution is -2.39. The minimum absolute atomic E-state index is 0.143. The molecule has 0 spiro atoms. The predicted octanol–water partition coefficient (Wildman–Crippen LogP) is 1.06. The highest BCUT2D eigenvalue weighted by atomic mass is 32.2. The van der Waals surface area contributed by atoms with Gasteiger partial charge in [-0.15, -0.1) is 0 Å². The zero-order chi connectivity index (χ0) is 13.8. The molecule has 100 valence electrons. The normalized spacial score (nSPS) is 13.1. The van der Waals surface area contributed by atoms with Crippen molar-refractivity contribution in [3.05, 3.63) is 30.1 Å². The molecule has 0 radical (unpaired) electrons. The van der Waals surface area contributed by atoms with E-state index in [2.05, 4.69) is 9.46 Å². The molecule has 1 N–H and O–H groups in total. The molecule has 1 atom stereocenters. The third-order valence-corrected chi connectivity index (χ3v) is 3.67. The van der Waals surface area contributed by atoms with Gasteiger partial charge in [-0.05, 0) is 26.0 Å². The van der Waals surface area contributed by atoms with E-state index < -0.39 is 32.7 Å². The molecule has 0 bridgehead atoms. The van der Waals surface area contributed by atoms with Crippen molar-refractivity contribution < 1.29 is 22.3 Å². The smallest absolute Gasteiger partial charge is 0.323 e. The fourth-order valence-corrected chi connectivity index (χ4v) is 2.55. The Bertz CT molecular complexity index is 530. The highest BCUT2D eigenvalue weighted by Crippen LogP contribution is 2.13. The second kappa shape index (κ2) is 5.92. The summed E-state index contributed by atoms with van der Waals surface area (Å²) in [6, 6.07) is 3.85. The third-order valence-electron chi connectivity index (χ3n) is 2.10. The molecule has 0 saturated heterocycles. The number of sulfonamides is 1. The molecule has 0 aliphatic rings. The van der Waals surface area contributed by atoms with Crippen molar-refractivity contribution in [3.63, 3.8) is 0 Å². The number of esters is 1. The number of nitrogens with one attached hydrogen (secondary N) is 1. The lowest BCUT2D eigenvalue weighted by molar-refractivity contribution is -0.144. The SMILES string of the molecule is CCOC(=O)C(C)NS(=O)(=O)c1ccccc1F. The molecule has 18 heavy (non-hydrogen) atoms. The van der Waals surface area contributed by atoms with Crippen molar-refractivity contribution in [2.45, 2.75) is 24.8 Å². The third kappa shape index (κ3) is 3.51. The first-order valence-corrected chi connectivity index (χ1v) is 6.80. The van der Waals surface area contributed by atoms with E-state index in [0.29, 0.717) is 0 Å². The summed E-state index contributed by atoms with van der Waals surface area (Å²) in [5, 5.41) is 0. The van der Waals surface area contributed by atoms with Gasteiger partial charge in [0.1, 0.15) is 16.8 Å². The van der Waals surface area contributed by atoms with E-state index in [4.69, 9.17) is 0 Å². The molecule has 0 aromatic heterocycles. The number of benzene rings is 1. The second-order valence-corrected chi connectivity index (χ2v) is 5.21. The summed E-state index contributed by atoms with van der Waals surface area (Å²) >= 11 is 0. The lowest BCUT2D eigenvalue weighted by atomic mass is 10.3. The second-order valence-electron chi connectivity index (χ2n) is 3.53. The van der Waals surface area contributed by atoms with Gasteiger partial charge in [-0.2, -0.15) is 4.72 Å². The number of carbonyl (C=O) groups excluding carboxylic acids is 1. The predicted molar refractivity (Wildman–Crippen MR) is 62.8 cm³/mol. The van der Waals surface area contributed by atoms with Gasteiger partial charge in [-0.3, -0.25) is 4.79 Å². The molecule has 7 heteroatoms. The van der Waals surface area contributed by atoms with E-state index >= 15 is 0 Å². The van der Waals surface area contributed by atoms with E-state index in [1.165, 1.54) is 19.1 Å². The highest BCUT2D eigenvalue weighted by molar-refractivity contribution is 7.89. The van der Waals surface area contributed by atoms with Crippen LogP contribution in [0.15, 0.2) is 29.2 Å². The van der Waals surface area contributed by atoms with Gasteiger partial charge in [0.25, 0.3) is 0 Å². The van der Waals surface area contributed by atoms with E-state index in [1.54, 1.807) is 6.92 Å². The first kappa shape index (κ1) is 14.6. The lowest BCUT2D eigenvalue weighted by Gasteiger charge is -2.13. The van der Waals surface area contributed by atoms with Gasteiger partial charge in [0, 0.05) is 0 Å². The van der Waals surface area contributed by atoms with Crippen molar-refractivity contribution in [1.82, 2.24) is 4.72 Å². The van der Waals surface area contributed by atoms with Gasteiger partial charge < -0.3 is 4.74 Å². The van der Waals surface area contributed by atoms with Crippen LogP contribution >= 0.6 is 0 Å².